The second-order valence-electron chi connectivity index (χ2n) is 8.21. The molecule has 0 atom stereocenters. The number of amides is 1. The van der Waals surface area contributed by atoms with Gasteiger partial charge in [-0.3, -0.25) is 14.2 Å². The summed E-state index contributed by atoms with van der Waals surface area (Å²) in [6.45, 7) is 5.50. The number of rotatable bonds is 5. The number of aromatic nitrogens is 4. The number of carbonyl (C=O) groups excluding carboxylic acids is 1. The van der Waals surface area contributed by atoms with E-state index in [-0.39, 0.29) is 30.3 Å². The average molecular weight is 442 g/mol. The van der Waals surface area contributed by atoms with Crippen LogP contribution in [0.15, 0.2) is 45.3 Å². The molecule has 1 aromatic carbocycles. The molecule has 0 radical (unpaired) electrons. The molecule has 1 N–H and O–H groups in total. The predicted molar refractivity (Wildman–Crippen MR) is 119 cm³/mol. The first kappa shape index (κ1) is 20.9. The van der Waals surface area contributed by atoms with Crippen molar-refractivity contribution in [3.63, 3.8) is 0 Å². The van der Waals surface area contributed by atoms with Crippen LogP contribution in [-0.2, 0) is 17.9 Å². The highest BCUT2D eigenvalue weighted by molar-refractivity contribution is 7.17. The van der Waals surface area contributed by atoms with Gasteiger partial charge < -0.3 is 10.1 Å². The number of carbonyl (C=O) groups is 1. The van der Waals surface area contributed by atoms with E-state index in [1.165, 1.54) is 20.3 Å². The average Bonchev–Trinajstić information content (AvgIpc) is 3.29. The van der Waals surface area contributed by atoms with E-state index in [0.717, 1.165) is 10.2 Å². The Morgan fingerprint density at radius 2 is 1.94 bits per heavy atom. The molecule has 3 aromatic heterocycles. The fraction of sp³-hybridized carbons (Fsp3) is 0.333. The topological polar surface area (TPSA) is 99.6 Å². The third-order valence-corrected chi connectivity index (χ3v) is 5.61. The van der Waals surface area contributed by atoms with Crippen LogP contribution < -0.4 is 21.3 Å². The lowest BCUT2D eigenvalue weighted by Gasteiger charge is -2.20. The lowest BCUT2D eigenvalue weighted by atomic mass is 10.1. The molecule has 162 valence electrons. The Balaban J connectivity index is 1.89. The first-order valence-corrected chi connectivity index (χ1v) is 10.6. The highest BCUT2D eigenvalue weighted by atomic mass is 32.1. The number of ether oxygens (including phenoxy) is 1. The number of hydrogen-bond donors (Lipinski definition) is 1. The largest absolute Gasteiger partial charge is 0.496 e. The number of benzene rings is 1. The van der Waals surface area contributed by atoms with Crippen LogP contribution in [-0.4, -0.2) is 37.3 Å². The number of fused-ring (bicyclic) bond motifs is 3. The zero-order valence-electron chi connectivity index (χ0n) is 17.7. The maximum absolute atomic E-state index is 13.2. The molecule has 0 aliphatic carbocycles. The summed E-state index contributed by atoms with van der Waals surface area (Å²) in [6.07, 6.45) is 0. The standard InChI is InChI=1S/C21H23N5O4S/c1-21(2,3)22-16(27)12-25-20(29)26-14-9-10-31-17(14)18(28)24(19(26)23-25)11-13-7-5-6-8-15(13)30-4/h5-10H,11-12H2,1-4H3,(H,22,27). The van der Waals surface area contributed by atoms with Crippen molar-refractivity contribution in [1.29, 1.82) is 0 Å². The van der Waals surface area contributed by atoms with E-state index in [9.17, 15) is 14.4 Å². The van der Waals surface area contributed by atoms with Crippen LogP contribution in [0.2, 0.25) is 0 Å². The van der Waals surface area contributed by atoms with Crippen molar-refractivity contribution in [2.24, 2.45) is 0 Å². The summed E-state index contributed by atoms with van der Waals surface area (Å²) < 4.78 is 9.77. The maximum Gasteiger partial charge on any atom is 0.352 e. The molecule has 3 heterocycles. The Kier molecular flexibility index (Phi) is 5.18. The molecule has 0 unspecified atom stereocenters. The van der Waals surface area contributed by atoms with Crippen LogP contribution >= 0.6 is 11.3 Å². The van der Waals surface area contributed by atoms with E-state index in [0.29, 0.717) is 16.0 Å². The highest BCUT2D eigenvalue weighted by Gasteiger charge is 2.21. The van der Waals surface area contributed by atoms with Gasteiger partial charge in [-0.25, -0.2) is 13.9 Å². The fourth-order valence-electron chi connectivity index (χ4n) is 3.48. The van der Waals surface area contributed by atoms with Gasteiger partial charge >= 0.3 is 5.69 Å². The molecule has 0 saturated heterocycles. The molecular weight excluding hydrogens is 418 g/mol. The van der Waals surface area contributed by atoms with Gasteiger partial charge in [0.1, 0.15) is 17.0 Å². The Labute approximate surface area is 181 Å². The van der Waals surface area contributed by atoms with Crippen molar-refractivity contribution >= 4 is 33.2 Å². The van der Waals surface area contributed by atoms with Crippen molar-refractivity contribution < 1.29 is 9.53 Å². The summed E-state index contributed by atoms with van der Waals surface area (Å²) in [5.74, 6) is 0.471. The van der Waals surface area contributed by atoms with Crippen LogP contribution in [0.3, 0.4) is 0 Å². The van der Waals surface area contributed by atoms with Gasteiger partial charge in [-0.15, -0.1) is 16.4 Å². The number of thiophene rings is 1. The molecule has 10 heteroatoms. The second-order valence-corrected chi connectivity index (χ2v) is 9.13. The van der Waals surface area contributed by atoms with E-state index in [2.05, 4.69) is 10.4 Å². The quantitative estimate of drug-likeness (QED) is 0.510. The summed E-state index contributed by atoms with van der Waals surface area (Å²) in [6, 6.07) is 9.07. The summed E-state index contributed by atoms with van der Waals surface area (Å²) in [7, 11) is 1.56. The predicted octanol–water partition coefficient (Wildman–Crippen LogP) is 1.84. The summed E-state index contributed by atoms with van der Waals surface area (Å²) >= 11 is 1.26. The van der Waals surface area contributed by atoms with Gasteiger partial charge in [0.2, 0.25) is 11.7 Å². The molecule has 0 saturated carbocycles. The minimum Gasteiger partial charge on any atom is -0.496 e. The van der Waals surface area contributed by atoms with Crippen LogP contribution in [0.25, 0.3) is 16.0 Å². The van der Waals surface area contributed by atoms with E-state index in [1.807, 2.05) is 45.0 Å². The van der Waals surface area contributed by atoms with E-state index in [1.54, 1.807) is 18.6 Å². The van der Waals surface area contributed by atoms with Gasteiger partial charge in [-0.05, 0) is 38.3 Å². The number of nitrogens with one attached hydrogen (secondary N) is 1. The Hall–Kier alpha value is -3.40. The smallest absolute Gasteiger partial charge is 0.352 e. The first-order chi connectivity index (χ1) is 14.7. The third kappa shape index (κ3) is 3.86. The van der Waals surface area contributed by atoms with E-state index in [4.69, 9.17) is 4.74 Å². The second kappa shape index (κ2) is 7.69. The Morgan fingerprint density at radius 1 is 1.19 bits per heavy atom. The van der Waals surface area contributed by atoms with E-state index < -0.39 is 11.2 Å². The van der Waals surface area contributed by atoms with Gasteiger partial charge in [0.05, 0.1) is 19.2 Å². The molecule has 0 aliphatic heterocycles. The molecule has 0 spiro atoms. The summed E-state index contributed by atoms with van der Waals surface area (Å²) in [5.41, 5.74) is 0.0916. The zero-order chi connectivity index (χ0) is 22.3. The molecule has 1 amide bonds. The lowest BCUT2D eigenvalue weighted by Crippen LogP contribution is -2.43. The molecule has 0 bridgehead atoms. The third-order valence-electron chi connectivity index (χ3n) is 4.72. The summed E-state index contributed by atoms with van der Waals surface area (Å²) in [4.78, 5) is 38.7. The van der Waals surface area contributed by atoms with Crippen LogP contribution in [0, 0.1) is 0 Å². The van der Waals surface area contributed by atoms with Gasteiger partial charge in [-0.1, -0.05) is 18.2 Å². The van der Waals surface area contributed by atoms with Gasteiger partial charge in [0.25, 0.3) is 5.56 Å². The van der Waals surface area contributed by atoms with Gasteiger partial charge in [0.15, 0.2) is 0 Å². The summed E-state index contributed by atoms with van der Waals surface area (Å²) in [5, 5.41) is 8.94. The maximum atomic E-state index is 13.2. The monoisotopic (exact) mass is 441 g/mol. The number of para-hydroxylation sites is 1. The molecule has 31 heavy (non-hydrogen) atoms. The SMILES string of the molecule is COc1ccccc1Cn1c(=O)c2sccc2n2c(=O)n(CC(=O)NC(C)(C)C)nc12. The zero-order valence-corrected chi connectivity index (χ0v) is 18.5. The Bertz CT molecular complexity index is 1400. The first-order valence-electron chi connectivity index (χ1n) is 9.72. The molecule has 0 aliphatic rings. The van der Waals surface area contributed by atoms with Crippen LogP contribution in [0.4, 0.5) is 0 Å². The Morgan fingerprint density at radius 3 is 2.65 bits per heavy atom. The number of nitrogens with zero attached hydrogens (tertiary/aromatic N) is 4. The van der Waals surface area contributed by atoms with Gasteiger partial charge in [0, 0.05) is 11.1 Å². The normalized spacial score (nSPS) is 11.9. The van der Waals surface area contributed by atoms with Gasteiger partial charge in [-0.2, -0.15) is 0 Å². The molecular formula is C21H23N5O4S. The minimum atomic E-state index is -0.476. The number of methoxy groups -OCH3 is 1. The van der Waals surface area contributed by atoms with Crippen molar-refractivity contribution in [3.8, 4) is 5.75 Å². The number of hydrogen-bond acceptors (Lipinski definition) is 6. The lowest BCUT2D eigenvalue weighted by molar-refractivity contribution is -0.123. The van der Waals surface area contributed by atoms with Crippen molar-refractivity contribution in [3.05, 3.63) is 62.1 Å². The van der Waals surface area contributed by atoms with Crippen LogP contribution in [0.1, 0.15) is 26.3 Å². The molecule has 4 rings (SSSR count). The highest BCUT2D eigenvalue weighted by Crippen LogP contribution is 2.21. The van der Waals surface area contributed by atoms with Crippen molar-refractivity contribution in [2.45, 2.75) is 39.4 Å². The minimum absolute atomic E-state index is 0.171. The van der Waals surface area contributed by atoms with Crippen LogP contribution in [0.5, 0.6) is 5.75 Å². The molecule has 0 fully saturated rings. The molecule has 4 aromatic rings. The fourth-order valence-corrected chi connectivity index (χ4v) is 4.30. The van der Waals surface area contributed by atoms with Crippen molar-refractivity contribution in [1.82, 2.24) is 24.1 Å². The van der Waals surface area contributed by atoms with Crippen molar-refractivity contribution in [2.75, 3.05) is 7.11 Å². The van der Waals surface area contributed by atoms with E-state index >= 15 is 0 Å². The molecule has 9 nitrogen and oxygen atoms in total.